The van der Waals surface area contributed by atoms with Crippen LogP contribution in [0.25, 0.3) is 0 Å². The Morgan fingerprint density at radius 1 is 1.35 bits per heavy atom. The van der Waals surface area contributed by atoms with E-state index in [1.165, 1.54) is 4.90 Å². The zero-order valence-electron chi connectivity index (χ0n) is 10.00. The van der Waals surface area contributed by atoms with Crippen LogP contribution in [-0.2, 0) is 13.5 Å². The highest BCUT2D eigenvalue weighted by molar-refractivity contribution is 7.98. The van der Waals surface area contributed by atoms with E-state index in [1.54, 1.807) is 16.4 Å². The molecule has 17 heavy (non-hydrogen) atoms. The minimum atomic E-state index is -0.0254. The number of hydrogen-bond donors (Lipinski definition) is 1. The summed E-state index contributed by atoms with van der Waals surface area (Å²) in [6, 6.07) is 8.31. The second-order valence-electron chi connectivity index (χ2n) is 3.97. The monoisotopic (exact) mass is 248 g/mol. The van der Waals surface area contributed by atoms with Gasteiger partial charge < -0.3 is 5.73 Å². The molecule has 4 nitrogen and oxygen atoms in total. The summed E-state index contributed by atoms with van der Waals surface area (Å²) in [6.07, 6.45) is 4.68. The zero-order valence-corrected chi connectivity index (χ0v) is 10.8. The Morgan fingerprint density at radius 2 is 2.06 bits per heavy atom. The minimum Gasteiger partial charge on any atom is -0.324 e. The van der Waals surface area contributed by atoms with Gasteiger partial charge >= 0.3 is 0 Å². The summed E-state index contributed by atoms with van der Waals surface area (Å²) in [5.41, 5.74) is 8.20. The molecule has 0 saturated carbocycles. The van der Waals surface area contributed by atoms with Crippen molar-refractivity contribution in [1.29, 1.82) is 0 Å². The van der Waals surface area contributed by atoms with E-state index in [4.69, 9.17) is 5.73 Å². The predicted octanol–water partition coefficient (Wildman–Crippen LogP) is 1.78. The molecule has 1 heterocycles. The van der Waals surface area contributed by atoms with Gasteiger partial charge in [-0.1, -0.05) is 17.3 Å². The van der Waals surface area contributed by atoms with Gasteiger partial charge in [-0.25, -0.2) is 0 Å². The third-order valence-electron chi connectivity index (χ3n) is 2.62. The quantitative estimate of drug-likeness (QED) is 0.838. The first-order valence-corrected chi connectivity index (χ1v) is 6.66. The average molecular weight is 248 g/mol. The number of rotatable bonds is 4. The van der Waals surface area contributed by atoms with Crippen molar-refractivity contribution < 1.29 is 0 Å². The number of aryl methyl sites for hydroxylation is 1. The summed E-state index contributed by atoms with van der Waals surface area (Å²) < 4.78 is 1.69. The molecule has 1 atom stereocenters. The van der Waals surface area contributed by atoms with Gasteiger partial charge in [0.1, 0.15) is 0 Å². The fourth-order valence-electron chi connectivity index (χ4n) is 1.68. The van der Waals surface area contributed by atoms with Crippen LogP contribution >= 0.6 is 11.8 Å². The van der Waals surface area contributed by atoms with E-state index in [9.17, 15) is 0 Å². The van der Waals surface area contributed by atoms with Crippen molar-refractivity contribution in [3.8, 4) is 0 Å². The van der Waals surface area contributed by atoms with Crippen LogP contribution in [0.2, 0.25) is 0 Å². The van der Waals surface area contributed by atoms with Gasteiger partial charge in [-0.15, -0.1) is 16.9 Å². The molecule has 0 saturated heterocycles. The van der Waals surface area contributed by atoms with E-state index in [2.05, 4.69) is 40.8 Å². The molecule has 1 unspecified atom stereocenters. The highest BCUT2D eigenvalue weighted by Crippen LogP contribution is 2.19. The van der Waals surface area contributed by atoms with Crippen molar-refractivity contribution in [2.24, 2.45) is 12.8 Å². The number of nitrogens with two attached hydrogens (primary N) is 1. The number of aromatic nitrogens is 3. The molecular formula is C12H16N4S. The largest absolute Gasteiger partial charge is 0.324 e. The lowest BCUT2D eigenvalue weighted by Gasteiger charge is -2.10. The SMILES string of the molecule is CSc1ccc(C(N)Cc2cn(C)nn2)cc1. The van der Waals surface area contributed by atoms with Gasteiger partial charge in [-0.05, 0) is 24.0 Å². The van der Waals surface area contributed by atoms with Gasteiger partial charge in [0.2, 0.25) is 0 Å². The Bertz CT molecular complexity index is 478. The molecule has 0 fully saturated rings. The topological polar surface area (TPSA) is 56.7 Å². The highest BCUT2D eigenvalue weighted by atomic mass is 32.2. The lowest BCUT2D eigenvalue weighted by molar-refractivity contribution is 0.693. The lowest BCUT2D eigenvalue weighted by Crippen LogP contribution is -2.13. The van der Waals surface area contributed by atoms with Crippen LogP contribution in [0.4, 0.5) is 0 Å². The van der Waals surface area contributed by atoms with Crippen LogP contribution in [0.3, 0.4) is 0 Å². The summed E-state index contributed by atoms with van der Waals surface area (Å²) in [7, 11) is 1.86. The van der Waals surface area contributed by atoms with Gasteiger partial charge in [0.25, 0.3) is 0 Å². The normalized spacial score (nSPS) is 12.6. The Kier molecular flexibility index (Phi) is 3.81. The molecule has 0 radical (unpaired) electrons. The van der Waals surface area contributed by atoms with Crippen LogP contribution in [0.5, 0.6) is 0 Å². The van der Waals surface area contributed by atoms with Gasteiger partial charge in [-0.3, -0.25) is 4.68 Å². The van der Waals surface area contributed by atoms with Crippen LogP contribution in [0.15, 0.2) is 35.4 Å². The molecule has 0 amide bonds. The molecule has 0 spiro atoms. The van der Waals surface area contributed by atoms with E-state index < -0.39 is 0 Å². The van der Waals surface area contributed by atoms with Crippen molar-refractivity contribution in [3.63, 3.8) is 0 Å². The predicted molar refractivity (Wildman–Crippen MR) is 69.9 cm³/mol. The van der Waals surface area contributed by atoms with Crippen LogP contribution < -0.4 is 5.73 Å². The van der Waals surface area contributed by atoms with Crippen LogP contribution in [-0.4, -0.2) is 21.2 Å². The highest BCUT2D eigenvalue weighted by Gasteiger charge is 2.09. The maximum Gasteiger partial charge on any atom is 0.0845 e. The first-order chi connectivity index (χ1) is 8.19. The zero-order chi connectivity index (χ0) is 12.3. The molecule has 2 N–H and O–H groups in total. The first kappa shape index (κ1) is 12.1. The van der Waals surface area contributed by atoms with Crippen LogP contribution in [0, 0.1) is 0 Å². The molecule has 1 aromatic carbocycles. The molecule has 2 aromatic rings. The number of thioether (sulfide) groups is 1. The maximum atomic E-state index is 6.14. The molecule has 90 valence electrons. The molecule has 0 aliphatic rings. The summed E-state index contributed by atoms with van der Waals surface area (Å²) in [5, 5.41) is 7.94. The third kappa shape index (κ3) is 3.08. The minimum absolute atomic E-state index is 0.0254. The standard InChI is InChI=1S/C12H16N4S/c1-16-8-10(14-15-16)7-12(13)9-3-5-11(17-2)6-4-9/h3-6,8,12H,7,13H2,1-2H3. The first-order valence-electron chi connectivity index (χ1n) is 5.44. The Labute approximate surface area is 105 Å². The summed E-state index contributed by atoms with van der Waals surface area (Å²) >= 11 is 1.73. The van der Waals surface area contributed by atoms with Crippen LogP contribution in [0.1, 0.15) is 17.3 Å². The Morgan fingerprint density at radius 3 is 2.59 bits per heavy atom. The average Bonchev–Trinajstić information content (AvgIpc) is 2.75. The molecular weight excluding hydrogens is 232 g/mol. The van der Waals surface area contributed by atoms with Crippen molar-refractivity contribution in [1.82, 2.24) is 15.0 Å². The third-order valence-corrected chi connectivity index (χ3v) is 3.37. The second-order valence-corrected chi connectivity index (χ2v) is 4.85. The number of benzene rings is 1. The molecule has 1 aromatic heterocycles. The fourth-order valence-corrected chi connectivity index (χ4v) is 2.09. The molecule has 0 bridgehead atoms. The van der Waals surface area contributed by atoms with Crippen molar-refractivity contribution in [2.45, 2.75) is 17.4 Å². The van der Waals surface area contributed by atoms with E-state index in [-0.39, 0.29) is 6.04 Å². The van der Waals surface area contributed by atoms with Gasteiger partial charge in [0.05, 0.1) is 5.69 Å². The van der Waals surface area contributed by atoms with Crippen molar-refractivity contribution in [2.75, 3.05) is 6.26 Å². The summed E-state index contributed by atoms with van der Waals surface area (Å²) in [6.45, 7) is 0. The molecule has 2 rings (SSSR count). The summed E-state index contributed by atoms with van der Waals surface area (Å²) in [5.74, 6) is 0. The maximum absolute atomic E-state index is 6.14. The van der Waals surface area contributed by atoms with Crippen molar-refractivity contribution >= 4 is 11.8 Å². The van der Waals surface area contributed by atoms with E-state index in [1.807, 2.05) is 13.2 Å². The van der Waals surface area contributed by atoms with Crippen molar-refractivity contribution in [3.05, 3.63) is 41.7 Å². The Hall–Kier alpha value is -1.33. The smallest absolute Gasteiger partial charge is 0.0845 e. The van der Waals surface area contributed by atoms with E-state index in [0.717, 1.165) is 11.3 Å². The molecule has 0 aliphatic heterocycles. The molecule has 0 aliphatic carbocycles. The Balaban J connectivity index is 2.06. The van der Waals surface area contributed by atoms with E-state index in [0.29, 0.717) is 6.42 Å². The van der Waals surface area contributed by atoms with Gasteiger partial charge in [0.15, 0.2) is 0 Å². The fraction of sp³-hybridized carbons (Fsp3) is 0.333. The number of hydrogen-bond acceptors (Lipinski definition) is 4. The number of nitrogens with zero attached hydrogens (tertiary/aromatic N) is 3. The van der Waals surface area contributed by atoms with Gasteiger partial charge in [0, 0.05) is 30.6 Å². The van der Waals surface area contributed by atoms with Gasteiger partial charge in [-0.2, -0.15) is 0 Å². The lowest BCUT2D eigenvalue weighted by atomic mass is 10.0. The summed E-state index contributed by atoms with van der Waals surface area (Å²) in [4.78, 5) is 1.25. The second kappa shape index (κ2) is 5.33. The molecule has 5 heteroatoms. The van der Waals surface area contributed by atoms with E-state index >= 15 is 0 Å².